The van der Waals surface area contributed by atoms with Gasteiger partial charge in [-0.2, -0.15) is 5.21 Å². The average molecular weight is 321 g/mol. The highest BCUT2D eigenvalue weighted by Crippen LogP contribution is 2.36. The van der Waals surface area contributed by atoms with Crippen LogP contribution in [0.4, 0.5) is 0 Å². The minimum atomic E-state index is -0.175. The minimum Gasteiger partial charge on any atom is -0.496 e. The molecule has 0 radical (unpaired) electrons. The first-order chi connectivity index (χ1) is 11.8. The number of rotatable bonds is 4. The summed E-state index contributed by atoms with van der Waals surface area (Å²) in [4.78, 5) is 0. The molecule has 0 spiro atoms. The van der Waals surface area contributed by atoms with E-state index < -0.39 is 0 Å². The molecule has 0 aliphatic carbocycles. The van der Waals surface area contributed by atoms with Crippen molar-refractivity contribution in [3.8, 4) is 17.0 Å². The van der Waals surface area contributed by atoms with Crippen molar-refractivity contribution in [3.05, 3.63) is 48.4 Å². The molecule has 0 aliphatic rings. The van der Waals surface area contributed by atoms with Crippen LogP contribution < -0.4 is 4.74 Å². The molecule has 1 N–H and O–H groups in total. The quantitative estimate of drug-likeness (QED) is 0.619. The smallest absolute Gasteiger partial charge is 0.198 e. The Morgan fingerprint density at radius 2 is 2.00 bits per heavy atom. The zero-order valence-electron chi connectivity index (χ0n) is 13.2. The lowest BCUT2D eigenvalue weighted by molar-refractivity contribution is 0.417. The van der Waals surface area contributed by atoms with E-state index in [9.17, 15) is 0 Å². The molecule has 8 nitrogen and oxygen atoms in total. The number of aromatic nitrogens is 7. The molecular formula is C16H15N7O. The molecule has 24 heavy (non-hydrogen) atoms. The van der Waals surface area contributed by atoms with Gasteiger partial charge >= 0.3 is 0 Å². The Bertz CT molecular complexity index is 977. The molecule has 0 bridgehead atoms. The number of hydrogen-bond donors (Lipinski definition) is 1. The number of ether oxygens (including phenoxy) is 1. The molecule has 8 heteroatoms. The Morgan fingerprint density at radius 1 is 1.12 bits per heavy atom. The number of hydrogen-bond acceptors (Lipinski definition) is 6. The predicted molar refractivity (Wildman–Crippen MR) is 87.5 cm³/mol. The highest BCUT2D eigenvalue weighted by atomic mass is 16.5. The van der Waals surface area contributed by atoms with Gasteiger partial charge in [0, 0.05) is 0 Å². The molecule has 0 fully saturated rings. The minimum absolute atomic E-state index is 0.175. The number of benzene rings is 2. The van der Waals surface area contributed by atoms with Gasteiger partial charge in [0.1, 0.15) is 17.5 Å². The first-order valence-electron chi connectivity index (χ1n) is 7.49. The van der Waals surface area contributed by atoms with Gasteiger partial charge in [0.15, 0.2) is 5.82 Å². The number of aromatic amines is 1. The molecule has 0 aliphatic heterocycles. The standard InChI is InChI=1S/C16H15N7O/c1-10(16-18-20-21-19-16)23-9-13(17-22-23)15-12-6-4-3-5-11(12)7-8-14(15)24-2/h3-10H,1-2H3,(H,18,19,20,21)/t10-/m1/s1. The largest absolute Gasteiger partial charge is 0.496 e. The Labute approximate surface area is 137 Å². The van der Waals surface area contributed by atoms with Crippen LogP contribution in [0.25, 0.3) is 22.0 Å². The second kappa shape index (κ2) is 5.73. The van der Waals surface area contributed by atoms with E-state index in [0.717, 1.165) is 27.8 Å². The van der Waals surface area contributed by atoms with Crippen LogP contribution in [-0.2, 0) is 0 Å². The summed E-state index contributed by atoms with van der Waals surface area (Å²) in [5, 5.41) is 24.8. The van der Waals surface area contributed by atoms with Crippen molar-refractivity contribution in [1.82, 2.24) is 35.6 Å². The molecule has 1 atom stereocenters. The molecule has 2 aromatic carbocycles. The zero-order valence-corrected chi connectivity index (χ0v) is 13.2. The van der Waals surface area contributed by atoms with Crippen molar-refractivity contribution < 1.29 is 4.74 Å². The lowest BCUT2D eigenvalue weighted by Gasteiger charge is -2.10. The van der Waals surface area contributed by atoms with Crippen LogP contribution in [0.15, 0.2) is 42.6 Å². The van der Waals surface area contributed by atoms with Gasteiger partial charge < -0.3 is 4.74 Å². The molecule has 120 valence electrons. The second-order valence-electron chi connectivity index (χ2n) is 5.39. The fourth-order valence-electron chi connectivity index (χ4n) is 2.73. The normalized spacial score (nSPS) is 12.4. The van der Waals surface area contributed by atoms with Gasteiger partial charge in [0.25, 0.3) is 0 Å². The molecule has 2 aromatic heterocycles. The van der Waals surface area contributed by atoms with Gasteiger partial charge in [-0.15, -0.1) is 15.3 Å². The van der Waals surface area contributed by atoms with E-state index in [1.807, 2.05) is 37.4 Å². The molecule has 0 saturated heterocycles. The molecule has 4 rings (SSSR count). The van der Waals surface area contributed by atoms with E-state index in [4.69, 9.17) is 4.74 Å². The number of nitrogens with one attached hydrogen (secondary N) is 1. The first kappa shape index (κ1) is 14.3. The van der Waals surface area contributed by atoms with E-state index >= 15 is 0 Å². The van der Waals surface area contributed by atoms with E-state index in [1.165, 1.54) is 0 Å². The van der Waals surface area contributed by atoms with Crippen molar-refractivity contribution in [1.29, 1.82) is 0 Å². The maximum Gasteiger partial charge on any atom is 0.198 e. The summed E-state index contributed by atoms with van der Waals surface area (Å²) < 4.78 is 7.24. The SMILES string of the molecule is COc1ccc2ccccc2c1-c1cn([C@H](C)c2nn[nH]n2)nn1. The Kier molecular flexibility index (Phi) is 3.42. The highest BCUT2D eigenvalue weighted by Gasteiger charge is 2.18. The van der Waals surface area contributed by atoms with Crippen LogP contribution in [0.5, 0.6) is 5.75 Å². The molecular weight excluding hydrogens is 306 g/mol. The maximum absolute atomic E-state index is 5.53. The van der Waals surface area contributed by atoms with E-state index in [0.29, 0.717) is 5.82 Å². The Hall–Kier alpha value is -3.29. The van der Waals surface area contributed by atoms with Crippen LogP contribution in [0, 0.1) is 0 Å². The topological polar surface area (TPSA) is 94.4 Å². The van der Waals surface area contributed by atoms with Crippen molar-refractivity contribution in [2.75, 3.05) is 7.11 Å². The van der Waals surface area contributed by atoms with Crippen LogP contribution in [0.2, 0.25) is 0 Å². The van der Waals surface area contributed by atoms with Gasteiger partial charge in [-0.3, -0.25) is 0 Å². The average Bonchev–Trinajstić information content (AvgIpc) is 3.32. The number of H-pyrrole nitrogens is 1. The lowest BCUT2D eigenvalue weighted by atomic mass is 10.0. The third-order valence-corrected chi connectivity index (χ3v) is 4.01. The van der Waals surface area contributed by atoms with Crippen LogP contribution >= 0.6 is 0 Å². The number of tetrazole rings is 1. The van der Waals surface area contributed by atoms with Crippen LogP contribution in [0.1, 0.15) is 18.8 Å². The summed E-state index contributed by atoms with van der Waals surface area (Å²) in [6.07, 6.45) is 1.87. The van der Waals surface area contributed by atoms with E-state index in [-0.39, 0.29) is 6.04 Å². The first-order valence-corrected chi connectivity index (χ1v) is 7.49. The lowest BCUT2D eigenvalue weighted by Crippen LogP contribution is -2.09. The molecule has 0 amide bonds. The van der Waals surface area contributed by atoms with Crippen molar-refractivity contribution in [2.45, 2.75) is 13.0 Å². The maximum atomic E-state index is 5.53. The summed E-state index contributed by atoms with van der Waals surface area (Å²) in [7, 11) is 1.65. The number of fused-ring (bicyclic) bond motifs is 1. The van der Waals surface area contributed by atoms with Crippen molar-refractivity contribution in [3.63, 3.8) is 0 Å². The molecule has 0 unspecified atom stereocenters. The van der Waals surface area contributed by atoms with Gasteiger partial charge in [-0.05, 0) is 23.8 Å². The van der Waals surface area contributed by atoms with Crippen LogP contribution in [-0.4, -0.2) is 42.7 Å². The highest BCUT2D eigenvalue weighted by molar-refractivity contribution is 5.98. The Balaban J connectivity index is 1.84. The van der Waals surface area contributed by atoms with Crippen LogP contribution in [0.3, 0.4) is 0 Å². The number of methoxy groups -OCH3 is 1. The summed E-state index contributed by atoms with van der Waals surface area (Å²) in [6.45, 7) is 1.93. The zero-order chi connectivity index (χ0) is 16.5. The van der Waals surface area contributed by atoms with Crippen molar-refractivity contribution >= 4 is 10.8 Å². The summed E-state index contributed by atoms with van der Waals surface area (Å²) in [5.41, 5.74) is 1.65. The van der Waals surface area contributed by atoms with Gasteiger partial charge in [0.05, 0.1) is 18.9 Å². The van der Waals surface area contributed by atoms with Gasteiger partial charge in [-0.1, -0.05) is 40.8 Å². The monoisotopic (exact) mass is 321 g/mol. The second-order valence-corrected chi connectivity index (χ2v) is 5.39. The summed E-state index contributed by atoms with van der Waals surface area (Å²) in [5.74, 6) is 1.31. The van der Waals surface area contributed by atoms with E-state index in [2.05, 4.69) is 43.1 Å². The number of nitrogens with zero attached hydrogens (tertiary/aromatic N) is 6. The fraction of sp³-hybridized carbons (Fsp3) is 0.188. The van der Waals surface area contributed by atoms with Gasteiger partial charge in [-0.25, -0.2) is 4.68 Å². The fourth-order valence-corrected chi connectivity index (χ4v) is 2.73. The Morgan fingerprint density at radius 3 is 2.79 bits per heavy atom. The predicted octanol–water partition coefficient (Wildman–Crippen LogP) is 2.23. The summed E-state index contributed by atoms with van der Waals surface area (Å²) in [6, 6.07) is 11.9. The molecule has 0 saturated carbocycles. The third kappa shape index (κ3) is 2.28. The van der Waals surface area contributed by atoms with E-state index in [1.54, 1.807) is 11.8 Å². The summed E-state index contributed by atoms with van der Waals surface area (Å²) >= 11 is 0. The molecule has 4 aromatic rings. The third-order valence-electron chi connectivity index (χ3n) is 4.01. The van der Waals surface area contributed by atoms with Crippen molar-refractivity contribution in [2.24, 2.45) is 0 Å². The van der Waals surface area contributed by atoms with Gasteiger partial charge in [0.2, 0.25) is 0 Å². The molecule has 2 heterocycles.